The van der Waals surface area contributed by atoms with Gasteiger partial charge in [-0.2, -0.15) is 0 Å². The largest absolute Gasteiger partial charge is 0.481 e. The highest BCUT2D eigenvalue weighted by atomic mass is 35.5. The highest BCUT2D eigenvalue weighted by Crippen LogP contribution is 2.39. The van der Waals surface area contributed by atoms with E-state index in [1.165, 1.54) is 0 Å². The fourth-order valence-electron chi connectivity index (χ4n) is 1.95. The van der Waals surface area contributed by atoms with Crippen LogP contribution in [0.5, 0.6) is 11.5 Å². The van der Waals surface area contributed by atoms with Crippen LogP contribution in [0, 0.1) is 0 Å². The lowest BCUT2D eigenvalue weighted by molar-refractivity contribution is -0.136. The van der Waals surface area contributed by atoms with Gasteiger partial charge in [-0.3, -0.25) is 4.79 Å². The van der Waals surface area contributed by atoms with E-state index >= 15 is 0 Å². The van der Waals surface area contributed by atoms with E-state index in [0.717, 1.165) is 5.56 Å². The van der Waals surface area contributed by atoms with Crippen LogP contribution in [0.1, 0.15) is 11.3 Å². The molecular weight excluding hydrogens is 286 g/mol. The van der Waals surface area contributed by atoms with E-state index in [1.54, 1.807) is 16.9 Å². The Labute approximate surface area is 118 Å². The number of rotatable bonds is 4. The summed E-state index contributed by atoms with van der Waals surface area (Å²) in [6, 6.07) is 3.57. The molecule has 0 atom stereocenters. The highest BCUT2D eigenvalue weighted by molar-refractivity contribution is 6.32. The van der Waals surface area contributed by atoms with Crippen molar-refractivity contribution in [3.8, 4) is 11.5 Å². The number of aliphatic carboxylic acids is 1. The molecule has 2 aromatic rings. The van der Waals surface area contributed by atoms with Gasteiger partial charge in [0.25, 0.3) is 0 Å². The number of ether oxygens (including phenoxy) is 2. The molecule has 8 heteroatoms. The Kier molecular flexibility index (Phi) is 3.19. The van der Waals surface area contributed by atoms with Gasteiger partial charge in [0.15, 0.2) is 11.5 Å². The summed E-state index contributed by atoms with van der Waals surface area (Å²) in [6.07, 6.45) is 1.44. The lowest BCUT2D eigenvalue weighted by Crippen LogP contribution is -2.01. The molecule has 1 aliphatic rings. The fourth-order valence-corrected chi connectivity index (χ4v) is 2.24. The van der Waals surface area contributed by atoms with Crippen LogP contribution in [0.25, 0.3) is 0 Å². The number of hydrogen-bond donors (Lipinski definition) is 1. The second kappa shape index (κ2) is 5.01. The molecule has 20 heavy (non-hydrogen) atoms. The maximum atomic E-state index is 10.6. The molecule has 3 rings (SSSR count). The van der Waals surface area contributed by atoms with E-state index in [1.807, 2.05) is 6.07 Å². The minimum atomic E-state index is -0.942. The Bertz CT molecular complexity index is 671. The zero-order valence-electron chi connectivity index (χ0n) is 10.2. The van der Waals surface area contributed by atoms with Gasteiger partial charge in [-0.15, -0.1) is 5.10 Å². The lowest BCUT2D eigenvalue weighted by Gasteiger charge is -2.04. The number of benzene rings is 1. The van der Waals surface area contributed by atoms with E-state index in [0.29, 0.717) is 28.8 Å². The first kappa shape index (κ1) is 12.7. The van der Waals surface area contributed by atoms with Crippen LogP contribution in [-0.4, -0.2) is 32.9 Å². The monoisotopic (exact) mass is 295 g/mol. The molecule has 0 saturated carbocycles. The Hall–Kier alpha value is -2.28. The first-order valence-electron chi connectivity index (χ1n) is 5.80. The third-order valence-corrected chi connectivity index (χ3v) is 3.03. The molecule has 1 aliphatic heterocycles. The lowest BCUT2D eigenvalue weighted by atomic mass is 10.2. The average molecular weight is 296 g/mol. The minimum absolute atomic E-state index is 0.151. The normalized spacial score (nSPS) is 12.7. The highest BCUT2D eigenvalue weighted by Gasteiger charge is 2.18. The van der Waals surface area contributed by atoms with Crippen molar-refractivity contribution >= 4 is 17.6 Å². The van der Waals surface area contributed by atoms with Gasteiger partial charge in [-0.1, -0.05) is 16.8 Å². The van der Waals surface area contributed by atoms with Crippen LogP contribution >= 0.6 is 11.6 Å². The van der Waals surface area contributed by atoms with Gasteiger partial charge in [-0.05, 0) is 17.7 Å². The predicted molar refractivity (Wildman–Crippen MR) is 68.0 cm³/mol. The standard InChI is InChI=1S/C12H10ClN3O4/c13-9-1-7(2-10-12(9)20-6-19-10)4-16-5-8(14-15-16)3-11(17)18/h1-2,5H,3-4,6H2,(H,17,18). The van der Waals surface area contributed by atoms with Crippen LogP contribution in [0.2, 0.25) is 5.02 Å². The second-order valence-electron chi connectivity index (χ2n) is 4.29. The van der Waals surface area contributed by atoms with Gasteiger partial charge in [0.2, 0.25) is 6.79 Å². The quantitative estimate of drug-likeness (QED) is 0.916. The SMILES string of the molecule is O=C(O)Cc1cn(Cc2cc(Cl)c3c(c2)OCO3)nn1. The van der Waals surface area contributed by atoms with Crippen molar-refractivity contribution in [2.45, 2.75) is 13.0 Å². The van der Waals surface area contributed by atoms with Crippen molar-refractivity contribution in [3.63, 3.8) is 0 Å². The molecule has 2 heterocycles. The molecular formula is C12H10ClN3O4. The molecule has 0 saturated heterocycles. The Morgan fingerprint density at radius 1 is 1.45 bits per heavy atom. The van der Waals surface area contributed by atoms with Crippen LogP contribution in [0.3, 0.4) is 0 Å². The number of aromatic nitrogens is 3. The third-order valence-electron chi connectivity index (χ3n) is 2.75. The number of nitrogens with zero attached hydrogens (tertiary/aromatic N) is 3. The molecule has 0 fully saturated rings. The van der Waals surface area contributed by atoms with Crippen molar-refractivity contribution in [1.29, 1.82) is 0 Å². The smallest absolute Gasteiger partial charge is 0.309 e. The Morgan fingerprint density at radius 3 is 3.10 bits per heavy atom. The first-order valence-corrected chi connectivity index (χ1v) is 6.18. The predicted octanol–water partition coefficient (Wildman–Crippen LogP) is 1.34. The molecule has 0 bridgehead atoms. The average Bonchev–Trinajstić information content (AvgIpc) is 2.98. The van der Waals surface area contributed by atoms with Crippen molar-refractivity contribution in [3.05, 3.63) is 34.6 Å². The fraction of sp³-hybridized carbons (Fsp3) is 0.250. The topological polar surface area (TPSA) is 86.5 Å². The summed E-state index contributed by atoms with van der Waals surface area (Å²) < 4.78 is 12.1. The number of halogens is 1. The van der Waals surface area contributed by atoms with Gasteiger partial charge < -0.3 is 14.6 Å². The van der Waals surface area contributed by atoms with Gasteiger partial charge in [0.1, 0.15) is 0 Å². The van der Waals surface area contributed by atoms with Gasteiger partial charge in [-0.25, -0.2) is 4.68 Å². The van der Waals surface area contributed by atoms with E-state index in [9.17, 15) is 4.79 Å². The Balaban J connectivity index is 1.79. The molecule has 0 radical (unpaired) electrons. The maximum Gasteiger partial charge on any atom is 0.309 e. The number of carboxylic acids is 1. The maximum absolute atomic E-state index is 10.6. The van der Waals surface area contributed by atoms with Crippen molar-refractivity contribution in [2.24, 2.45) is 0 Å². The van der Waals surface area contributed by atoms with E-state index < -0.39 is 5.97 Å². The number of carboxylic acid groups (broad SMARTS) is 1. The molecule has 0 unspecified atom stereocenters. The van der Waals surface area contributed by atoms with Crippen LogP contribution < -0.4 is 9.47 Å². The molecule has 1 aromatic carbocycles. The summed E-state index contributed by atoms with van der Waals surface area (Å²) in [6.45, 7) is 0.577. The summed E-state index contributed by atoms with van der Waals surface area (Å²) in [5.41, 5.74) is 1.27. The summed E-state index contributed by atoms with van der Waals surface area (Å²) in [4.78, 5) is 10.6. The number of carbonyl (C=O) groups is 1. The minimum Gasteiger partial charge on any atom is -0.481 e. The van der Waals surface area contributed by atoms with Crippen LogP contribution in [0.15, 0.2) is 18.3 Å². The van der Waals surface area contributed by atoms with E-state index in [-0.39, 0.29) is 13.2 Å². The van der Waals surface area contributed by atoms with Gasteiger partial charge >= 0.3 is 5.97 Å². The van der Waals surface area contributed by atoms with E-state index in [2.05, 4.69) is 10.3 Å². The van der Waals surface area contributed by atoms with Crippen LogP contribution in [-0.2, 0) is 17.8 Å². The zero-order valence-corrected chi connectivity index (χ0v) is 11.0. The summed E-state index contributed by atoms with van der Waals surface area (Å²) in [5.74, 6) is 0.196. The second-order valence-corrected chi connectivity index (χ2v) is 4.70. The van der Waals surface area contributed by atoms with Crippen molar-refractivity contribution < 1.29 is 19.4 Å². The van der Waals surface area contributed by atoms with Gasteiger partial charge in [0.05, 0.1) is 23.7 Å². The summed E-state index contributed by atoms with van der Waals surface area (Å²) in [5, 5.41) is 16.8. The summed E-state index contributed by atoms with van der Waals surface area (Å²) >= 11 is 6.09. The third kappa shape index (κ3) is 2.53. The van der Waals surface area contributed by atoms with Gasteiger partial charge in [0, 0.05) is 6.20 Å². The Morgan fingerprint density at radius 2 is 2.30 bits per heavy atom. The number of fused-ring (bicyclic) bond motifs is 1. The molecule has 1 N–H and O–H groups in total. The molecule has 1 aromatic heterocycles. The molecule has 0 aliphatic carbocycles. The number of hydrogen-bond acceptors (Lipinski definition) is 5. The summed E-state index contributed by atoms with van der Waals surface area (Å²) in [7, 11) is 0. The molecule has 104 valence electrons. The molecule has 0 spiro atoms. The first-order chi connectivity index (χ1) is 9.61. The van der Waals surface area contributed by atoms with Crippen molar-refractivity contribution in [1.82, 2.24) is 15.0 Å². The molecule has 0 amide bonds. The van der Waals surface area contributed by atoms with E-state index in [4.69, 9.17) is 26.2 Å². The zero-order chi connectivity index (χ0) is 14.1. The van der Waals surface area contributed by atoms with Crippen LogP contribution in [0.4, 0.5) is 0 Å². The van der Waals surface area contributed by atoms with Crippen molar-refractivity contribution in [2.75, 3.05) is 6.79 Å². The molecule has 7 nitrogen and oxygen atoms in total.